The third-order valence-corrected chi connectivity index (χ3v) is 3.23. The molecule has 1 aliphatic rings. The van der Waals surface area contributed by atoms with Crippen LogP contribution >= 0.6 is 0 Å². The molecule has 0 unspecified atom stereocenters. The first-order valence-corrected chi connectivity index (χ1v) is 5.54. The average molecular weight is 253 g/mol. The molecule has 0 aromatic carbocycles. The Morgan fingerprint density at radius 2 is 1.60 bits per heavy atom. The second kappa shape index (κ2) is 3.03. The normalized spacial score (nSPS) is 24.7. The summed E-state index contributed by atoms with van der Waals surface area (Å²) in [6, 6.07) is 0. The summed E-state index contributed by atoms with van der Waals surface area (Å²) in [6.07, 6.45) is -8.01. The predicted molar refractivity (Wildman–Crippen MR) is 40.6 cm³/mol. The number of alkyl halides is 5. The van der Waals surface area contributed by atoms with E-state index in [2.05, 4.69) is 5.14 Å². The molecule has 90 valence electrons. The highest BCUT2D eigenvalue weighted by Crippen LogP contribution is 2.60. The maximum absolute atomic E-state index is 12.4. The van der Waals surface area contributed by atoms with Crippen LogP contribution < -0.4 is 5.14 Å². The fourth-order valence-electron chi connectivity index (χ4n) is 1.71. The molecule has 1 saturated carbocycles. The average Bonchev–Trinajstić information content (AvgIpc) is 1.74. The smallest absolute Gasteiger partial charge is 0.229 e. The largest absolute Gasteiger partial charge is 0.395 e. The minimum atomic E-state index is -4.99. The Morgan fingerprint density at radius 3 is 1.80 bits per heavy atom. The molecule has 3 nitrogen and oxygen atoms in total. The van der Waals surface area contributed by atoms with Gasteiger partial charge in [0.05, 0.1) is 11.2 Å². The summed E-state index contributed by atoms with van der Waals surface area (Å²) in [6.45, 7) is 0. The Hall–Kier alpha value is -0.440. The molecule has 0 radical (unpaired) electrons. The van der Waals surface area contributed by atoms with Crippen molar-refractivity contribution in [1.29, 1.82) is 0 Å². The van der Waals surface area contributed by atoms with Crippen LogP contribution in [0.2, 0.25) is 0 Å². The molecule has 0 amide bonds. The van der Waals surface area contributed by atoms with E-state index >= 15 is 0 Å². The first-order chi connectivity index (χ1) is 6.37. The number of sulfonamides is 1. The van der Waals surface area contributed by atoms with Crippen LogP contribution in [0.15, 0.2) is 0 Å². The van der Waals surface area contributed by atoms with Gasteiger partial charge < -0.3 is 0 Å². The van der Waals surface area contributed by atoms with E-state index in [4.69, 9.17) is 0 Å². The van der Waals surface area contributed by atoms with E-state index in [-0.39, 0.29) is 0 Å². The van der Waals surface area contributed by atoms with Gasteiger partial charge in [-0.1, -0.05) is 0 Å². The van der Waals surface area contributed by atoms with Crippen molar-refractivity contribution >= 4 is 10.0 Å². The summed E-state index contributed by atoms with van der Waals surface area (Å²) >= 11 is 0. The molecule has 0 bridgehead atoms. The number of hydrogen-bond donors (Lipinski definition) is 1. The maximum Gasteiger partial charge on any atom is 0.395 e. The monoisotopic (exact) mass is 253 g/mol. The topological polar surface area (TPSA) is 60.2 Å². The summed E-state index contributed by atoms with van der Waals surface area (Å²) < 4.78 is 83.0. The molecule has 0 heterocycles. The Labute approximate surface area is 82.5 Å². The van der Waals surface area contributed by atoms with Crippen LogP contribution in [-0.2, 0) is 10.0 Å². The third kappa shape index (κ3) is 2.57. The summed E-state index contributed by atoms with van der Waals surface area (Å²) in [7, 11) is -4.43. The van der Waals surface area contributed by atoms with Gasteiger partial charge >= 0.3 is 6.18 Å². The second-order valence-corrected chi connectivity index (χ2v) is 5.41. The van der Waals surface area contributed by atoms with Crippen LogP contribution in [0.5, 0.6) is 0 Å². The molecule has 0 aromatic heterocycles. The van der Waals surface area contributed by atoms with Crippen LogP contribution in [0.1, 0.15) is 12.8 Å². The van der Waals surface area contributed by atoms with Gasteiger partial charge in [0.1, 0.15) is 0 Å². The Kier molecular flexibility index (Phi) is 2.55. The summed E-state index contributed by atoms with van der Waals surface area (Å²) in [5, 5.41) is 4.44. The van der Waals surface area contributed by atoms with Crippen molar-refractivity contribution in [2.24, 2.45) is 10.6 Å². The van der Waals surface area contributed by atoms with Gasteiger partial charge in [0.15, 0.2) is 0 Å². The summed E-state index contributed by atoms with van der Waals surface area (Å²) in [4.78, 5) is 0. The summed E-state index contributed by atoms with van der Waals surface area (Å²) in [5.41, 5.74) is -2.88. The maximum atomic E-state index is 12.4. The molecule has 0 saturated heterocycles. The zero-order valence-corrected chi connectivity index (χ0v) is 8.13. The molecule has 9 heteroatoms. The Bertz CT molecular complexity index is 352. The van der Waals surface area contributed by atoms with Gasteiger partial charge in [-0.15, -0.1) is 0 Å². The molecular formula is C6H8F5NO2S. The number of nitrogens with two attached hydrogens (primary N) is 1. The van der Waals surface area contributed by atoms with Crippen molar-refractivity contribution < 1.29 is 30.4 Å². The number of halogens is 5. The molecular weight excluding hydrogens is 245 g/mol. The van der Waals surface area contributed by atoms with Crippen LogP contribution in [0, 0.1) is 5.41 Å². The fraction of sp³-hybridized carbons (Fsp3) is 1.00. The van der Waals surface area contributed by atoms with Crippen LogP contribution in [-0.4, -0.2) is 26.3 Å². The highest BCUT2D eigenvalue weighted by Gasteiger charge is 2.70. The quantitative estimate of drug-likeness (QED) is 0.753. The first kappa shape index (κ1) is 12.6. The van der Waals surface area contributed by atoms with Crippen molar-refractivity contribution in [3.63, 3.8) is 0 Å². The zero-order chi connectivity index (χ0) is 12.1. The van der Waals surface area contributed by atoms with Gasteiger partial charge in [-0.25, -0.2) is 22.3 Å². The lowest BCUT2D eigenvalue weighted by molar-refractivity contribution is -0.299. The van der Waals surface area contributed by atoms with E-state index in [1.807, 2.05) is 0 Å². The lowest BCUT2D eigenvalue weighted by Crippen LogP contribution is -2.58. The van der Waals surface area contributed by atoms with E-state index < -0.39 is 46.1 Å². The zero-order valence-electron chi connectivity index (χ0n) is 7.31. The van der Waals surface area contributed by atoms with E-state index in [0.29, 0.717) is 0 Å². The highest BCUT2D eigenvalue weighted by molar-refractivity contribution is 7.89. The number of hydrogen-bond acceptors (Lipinski definition) is 2. The lowest BCUT2D eigenvalue weighted by Gasteiger charge is -2.47. The molecule has 0 aliphatic heterocycles. The van der Waals surface area contributed by atoms with Crippen LogP contribution in [0.4, 0.5) is 22.0 Å². The van der Waals surface area contributed by atoms with Crippen molar-refractivity contribution in [3.8, 4) is 0 Å². The lowest BCUT2D eigenvalue weighted by atomic mass is 9.67. The molecule has 0 aromatic rings. The van der Waals surface area contributed by atoms with Crippen molar-refractivity contribution in [2.75, 3.05) is 5.75 Å². The molecule has 15 heavy (non-hydrogen) atoms. The highest BCUT2D eigenvalue weighted by atomic mass is 32.2. The van der Waals surface area contributed by atoms with Gasteiger partial charge in [0.25, 0.3) is 0 Å². The van der Waals surface area contributed by atoms with Crippen molar-refractivity contribution in [3.05, 3.63) is 0 Å². The minimum absolute atomic E-state index is 1.49. The molecule has 1 rings (SSSR count). The minimum Gasteiger partial charge on any atom is -0.229 e. The van der Waals surface area contributed by atoms with Crippen LogP contribution in [0.3, 0.4) is 0 Å². The van der Waals surface area contributed by atoms with Crippen molar-refractivity contribution in [1.82, 2.24) is 0 Å². The number of rotatable bonds is 2. The Morgan fingerprint density at radius 1 is 1.20 bits per heavy atom. The third-order valence-electron chi connectivity index (χ3n) is 2.27. The van der Waals surface area contributed by atoms with Gasteiger partial charge in [0, 0.05) is 12.8 Å². The Balaban J connectivity index is 2.93. The molecule has 2 N–H and O–H groups in total. The van der Waals surface area contributed by atoms with Crippen molar-refractivity contribution in [2.45, 2.75) is 24.9 Å². The van der Waals surface area contributed by atoms with E-state index in [0.717, 1.165) is 0 Å². The molecule has 1 fully saturated rings. The van der Waals surface area contributed by atoms with E-state index in [1.165, 1.54) is 0 Å². The van der Waals surface area contributed by atoms with Gasteiger partial charge in [-0.3, -0.25) is 0 Å². The van der Waals surface area contributed by atoms with E-state index in [9.17, 15) is 30.4 Å². The van der Waals surface area contributed by atoms with Gasteiger partial charge in [-0.2, -0.15) is 13.2 Å². The second-order valence-electron chi connectivity index (χ2n) is 3.79. The molecule has 1 aliphatic carbocycles. The van der Waals surface area contributed by atoms with E-state index in [1.54, 1.807) is 0 Å². The molecule has 0 atom stereocenters. The fourth-order valence-corrected chi connectivity index (χ4v) is 2.85. The first-order valence-electron chi connectivity index (χ1n) is 3.82. The standard InChI is InChI=1S/C6H8F5NO2S/c7-5(8)1-4(2-5,6(9,10)11)3-15(12,13)14/h1-3H2,(H2,12,13,14). The number of primary sulfonamides is 1. The SMILES string of the molecule is NS(=O)(=O)CC1(C(F)(F)F)CC(F)(F)C1. The molecule has 0 spiro atoms. The predicted octanol–water partition coefficient (Wildman–Crippen LogP) is 1.25. The van der Waals surface area contributed by atoms with Crippen LogP contribution in [0.25, 0.3) is 0 Å². The van der Waals surface area contributed by atoms with Gasteiger partial charge in [-0.05, 0) is 0 Å². The van der Waals surface area contributed by atoms with Gasteiger partial charge in [0.2, 0.25) is 15.9 Å². The summed E-state index contributed by atoms with van der Waals surface area (Å²) in [5.74, 6) is -4.95.